The van der Waals surface area contributed by atoms with Crippen molar-refractivity contribution in [3.8, 4) is 0 Å². The van der Waals surface area contributed by atoms with E-state index >= 15 is 0 Å². The van der Waals surface area contributed by atoms with Crippen molar-refractivity contribution in [3.63, 3.8) is 0 Å². The zero-order chi connectivity index (χ0) is 12.5. The van der Waals surface area contributed by atoms with Crippen LogP contribution in [-0.4, -0.2) is 11.5 Å². The Morgan fingerprint density at radius 2 is 2.06 bits per heavy atom. The lowest BCUT2D eigenvalue weighted by molar-refractivity contribution is 0.545. The minimum absolute atomic E-state index is 0.587. The van der Waals surface area contributed by atoms with Gasteiger partial charge in [0, 0.05) is 16.6 Å². The molecule has 0 saturated carbocycles. The number of hydrogen-bond donors (Lipinski definition) is 0. The Bertz CT molecular complexity index is 333. The standard InChI is InChI=1S/C15H21OS/c1-13(2)17-15-10-7-9-14(12-15)8-5-3-4-6-11-16/h7,9-10,12-13H,3-6,8H2,1-2H3. The van der Waals surface area contributed by atoms with Crippen molar-refractivity contribution in [2.45, 2.75) is 56.1 Å². The molecule has 0 spiro atoms. The SMILES string of the molecule is CC(C)Sc1cccc(CCCCC[C]=O)c1. The van der Waals surface area contributed by atoms with E-state index in [4.69, 9.17) is 0 Å². The molecule has 0 aromatic heterocycles. The molecule has 0 saturated heterocycles. The first kappa shape index (κ1) is 14.3. The summed E-state index contributed by atoms with van der Waals surface area (Å²) in [4.78, 5) is 11.4. The minimum atomic E-state index is 0.587. The quantitative estimate of drug-likeness (QED) is 0.502. The summed E-state index contributed by atoms with van der Waals surface area (Å²) < 4.78 is 0. The maximum Gasteiger partial charge on any atom is 0.198 e. The van der Waals surface area contributed by atoms with Gasteiger partial charge in [-0.1, -0.05) is 32.4 Å². The van der Waals surface area contributed by atoms with Gasteiger partial charge in [-0.25, -0.2) is 0 Å². The summed E-state index contributed by atoms with van der Waals surface area (Å²) in [6.07, 6.45) is 6.91. The zero-order valence-corrected chi connectivity index (χ0v) is 11.6. The lowest BCUT2D eigenvalue weighted by Gasteiger charge is -2.07. The first-order valence-corrected chi connectivity index (χ1v) is 7.21. The van der Waals surface area contributed by atoms with E-state index in [1.165, 1.54) is 10.5 Å². The average molecular weight is 249 g/mol. The molecule has 1 radical (unpaired) electrons. The van der Waals surface area contributed by atoms with Crippen molar-refractivity contribution < 1.29 is 4.79 Å². The monoisotopic (exact) mass is 249 g/mol. The Labute approximate surface area is 109 Å². The van der Waals surface area contributed by atoms with Gasteiger partial charge in [-0.05, 0) is 37.0 Å². The van der Waals surface area contributed by atoms with Crippen LogP contribution in [0.4, 0.5) is 0 Å². The van der Waals surface area contributed by atoms with Gasteiger partial charge >= 0.3 is 0 Å². The predicted octanol–water partition coefficient (Wildman–Crippen LogP) is 4.40. The summed E-state index contributed by atoms with van der Waals surface area (Å²) in [7, 11) is 0. The Morgan fingerprint density at radius 1 is 1.24 bits per heavy atom. The van der Waals surface area contributed by atoms with Crippen LogP contribution in [0.2, 0.25) is 0 Å². The lowest BCUT2D eigenvalue weighted by Crippen LogP contribution is -1.89. The van der Waals surface area contributed by atoms with Crippen LogP contribution in [-0.2, 0) is 11.2 Å². The van der Waals surface area contributed by atoms with Crippen LogP contribution in [0.15, 0.2) is 29.2 Å². The Balaban J connectivity index is 2.35. The molecule has 0 bridgehead atoms. The number of unbranched alkanes of at least 4 members (excludes halogenated alkanes) is 3. The van der Waals surface area contributed by atoms with Crippen molar-refractivity contribution in [2.24, 2.45) is 0 Å². The fourth-order valence-corrected chi connectivity index (χ4v) is 2.67. The minimum Gasteiger partial charge on any atom is -0.291 e. The number of thioether (sulfide) groups is 1. The summed E-state index contributed by atoms with van der Waals surface area (Å²) in [5.74, 6) is 0. The summed E-state index contributed by atoms with van der Waals surface area (Å²) in [5, 5.41) is 0.633. The predicted molar refractivity (Wildman–Crippen MR) is 75.3 cm³/mol. The Kier molecular flexibility index (Phi) is 7.02. The topological polar surface area (TPSA) is 17.1 Å². The molecule has 0 aliphatic rings. The average Bonchev–Trinajstić information content (AvgIpc) is 2.28. The van der Waals surface area contributed by atoms with E-state index in [-0.39, 0.29) is 0 Å². The van der Waals surface area contributed by atoms with Gasteiger partial charge in [0.25, 0.3) is 0 Å². The van der Waals surface area contributed by atoms with Gasteiger partial charge in [0.05, 0.1) is 0 Å². The van der Waals surface area contributed by atoms with Crippen molar-refractivity contribution in [1.82, 2.24) is 0 Å². The van der Waals surface area contributed by atoms with E-state index < -0.39 is 0 Å². The molecule has 0 N–H and O–H groups in total. The molecule has 0 amide bonds. The van der Waals surface area contributed by atoms with Gasteiger partial charge < -0.3 is 0 Å². The highest BCUT2D eigenvalue weighted by Gasteiger charge is 2.00. The van der Waals surface area contributed by atoms with Crippen LogP contribution < -0.4 is 0 Å². The van der Waals surface area contributed by atoms with Crippen LogP contribution in [0, 0.1) is 0 Å². The summed E-state index contributed by atoms with van der Waals surface area (Å²) in [6, 6.07) is 8.79. The Hall–Kier alpha value is -0.760. The van der Waals surface area contributed by atoms with Crippen molar-refractivity contribution in [3.05, 3.63) is 29.8 Å². The van der Waals surface area contributed by atoms with Gasteiger partial charge in [-0.15, -0.1) is 11.8 Å². The second kappa shape index (κ2) is 8.35. The number of rotatable bonds is 8. The number of aryl methyl sites for hydroxylation is 1. The van der Waals surface area contributed by atoms with E-state index in [9.17, 15) is 4.79 Å². The second-order valence-electron chi connectivity index (χ2n) is 4.52. The maximum absolute atomic E-state index is 10.1. The summed E-state index contributed by atoms with van der Waals surface area (Å²) >= 11 is 1.91. The van der Waals surface area contributed by atoms with Crippen LogP contribution in [0.5, 0.6) is 0 Å². The molecular weight excluding hydrogens is 228 g/mol. The number of benzene rings is 1. The third-order valence-electron chi connectivity index (χ3n) is 2.51. The van der Waals surface area contributed by atoms with Crippen molar-refractivity contribution in [1.29, 1.82) is 0 Å². The van der Waals surface area contributed by atoms with Crippen LogP contribution >= 0.6 is 11.8 Å². The fourth-order valence-electron chi connectivity index (χ4n) is 1.75. The molecule has 0 fully saturated rings. The van der Waals surface area contributed by atoms with Crippen molar-refractivity contribution in [2.75, 3.05) is 0 Å². The molecule has 93 valence electrons. The van der Waals surface area contributed by atoms with Crippen LogP contribution in [0.25, 0.3) is 0 Å². The highest BCUT2D eigenvalue weighted by atomic mass is 32.2. The molecular formula is C15H21OS. The van der Waals surface area contributed by atoms with E-state index in [0.29, 0.717) is 11.7 Å². The molecule has 0 aliphatic carbocycles. The molecule has 17 heavy (non-hydrogen) atoms. The summed E-state index contributed by atoms with van der Waals surface area (Å²) in [5.41, 5.74) is 1.41. The lowest BCUT2D eigenvalue weighted by atomic mass is 10.1. The van der Waals surface area contributed by atoms with Gasteiger partial charge in [0.2, 0.25) is 0 Å². The zero-order valence-electron chi connectivity index (χ0n) is 10.7. The first-order valence-electron chi connectivity index (χ1n) is 6.33. The highest BCUT2D eigenvalue weighted by Crippen LogP contribution is 2.24. The third kappa shape index (κ3) is 6.52. The fraction of sp³-hybridized carbons (Fsp3) is 0.533. The van der Waals surface area contributed by atoms with Crippen molar-refractivity contribution >= 4 is 18.0 Å². The Morgan fingerprint density at radius 3 is 2.76 bits per heavy atom. The summed E-state index contributed by atoms with van der Waals surface area (Å²) in [6.45, 7) is 4.43. The van der Waals surface area contributed by atoms with Gasteiger partial charge in [0.1, 0.15) is 0 Å². The van der Waals surface area contributed by atoms with Gasteiger partial charge in [-0.2, -0.15) is 0 Å². The number of carbonyl (C=O) groups excluding carboxylic acids is 1. The molecule has 1 aromatic rings. The van der Waals surface area contributed by atoms with E-state index in [0.717, 1.165) is 25.7 Å². The van der Waals surface area contributed by atoms with Gasteiger partial charge in [-0.3, -0.25) is 4.79 Å². The molecule has 2 heteroatoms. The third-order valence-corrected chi connectivity index (χ3v) is 3.51. The maximum atomic E-state index is 10.1. The largest absolute Gasteiger partial charge is 0.291 e. The molecule has 0 atom stereocenters. The molecule has 1 nitrogen and oxygen atoms in total. The molecule has 0 heterocycles. The number of hydrogen-bond acceptors (Lipinski definition) is 2. The molecule has 1 aromatic carbocycles. The van der Waals surface area contributed by atoms with E-state index in [1.54, 1.807) is 0 Å². The van der Waals surface area contributed by atoms with Crippen LogP contribution in [0.1, 0.15) is 45.1 Å². The van der Waals surface area contributed by atoms with Crippen LogP contribution in [0.3, 0.4) is 0 Å². The smallest absolute Gasteiger partial charge is 0.198 e. The van der Waals surface area contributed by atoms with E-state index in [1.807, 2.05) is 18.0 Å². The molecule has 0 unspecified atom stereocenters. The molecule has 1 rings (SSSR count). The normalized spacial score (nSPS) is 10.8. The second-order valence-corrected chi connectivity index (χ2v) is 6.17. The highest BCUT2D eigenvalue weighted by molar-refractivity contribution is 7.99. The first-order chi connectivity index (χ1) is 8.22. The van der Waals surface area contributed by atoms with E-state index in [2.05, 4.69) is 38.1 Å². The molecule has 0 aliphatic heterocycles. The van der Waals surface area contributed by atoms with Gasteiger partial charge in [0.15, 0.2) is 6.29 Å².